The van der Waals surface area contributed by atoms with Crippen LogP contribution in [0.5, 0.6) is 11.5 Å². The van der Waals surface area contributed by atoms with Crippen LogP contribution in [0.2, 0.25) is 0 Å². The van der Waals surface area contributed by atoms with Gasteiger partial charge in [-0.3, -0.25) is 9.48 Å². The molecule has 188 valence electrons. The number of aliphatic carboxylic acids is 1. The van der Waals surface area contributed by atoms with Crippen LogP contribution in [0.3, 0.4) is 0 Å². The van der Waals surface area contributed by atoms with E-state index < -0.39 is 12.1 Å². The third kappa shape index (κ3) is 6.42. The van der Waals surface area contributed by atoms with Crippen molar-refractivity contribution in [3.8, 4) is 11.5 Å². The van der Waals surface area contributed by atoms with Crippen molar-refractivity contribution in [1.29, 1.82) is 0 Å². The minimum absolute atomic E-state index is 0.0642. The second kappa shape index (κ2) is 11.9. The third-order valence-corrected chi connectivity index (χ3v) is 6.71. The van der Waals surface area contributed by atoms with Gasteiger partial charge in [0.2, 0.25) is 0 Å². The highest BCUT2D eigenvalue weighted by Crippen LogP contribution is 2.36. The van der Waals surface area contributed by atoms with Crippen LogP contribution < -0.4 is 9.47 Å². The maximum atomic E-state index is 11.5. The quantitative estimate of drug-likeness (QED) is 0.386. The summed E-state index contributed by atoms with van der Waals surface area (Å²) in [6.45, 7) is 6.12. The first-order valence-electron chi connectivity index (χ1n) is 11.9. The maximum absolute atomic E-state index is 11.5. The van der Waals surface area contributed by atoms with E-state index >= 15 is 0 Å². The van der Waals surface area contributed by atoms with Gasteiger partial charge in [0.25, 0.3) is 0 Å². The van der Waals surface area contributed by atoms with Crippen LogP contribution in [-0.2, 0) is 24.2 Å². The van der Waals surface area contributed by atoms with Crippen molar-refractivity contribution in [2.24, 2.45) is 5.92 Å². The first-order valence-corrected chi connectivity index (χ1v) is 11.9. The molecule has 0 amide bonds. The number of aliphatic hydroxyl groups excluding tert-OH is 1. The van der Waals surface area contributed by atoms with Gasteiger partial charge in [-0.25, -0.2) is 0 Å². The summed E-state index contributed by atoms with van der Waals surface area (Å²) in [5, 5.41) is 25.4. The summed E-state index contributed by atoms with van der Waals surface area (Å²) in [7, 11) is 3.21. The van der Waals surface area contributed by atoms with Gasteiger partial charge in [-0.1, -0.05) is 30.3 Å². The van der Waals surface area contributed by atoms with Gasteiger partial charge in [0.15, 0.2) is 0 Å². The molecule has 3 aromatic rings. The summed E-state index contributed by atoms with van der Waals surface area (Å²) in [5.74, 6) is 0.299. The van der Waals surface area contributed by atoms with Crippen molar-refractivity contribution in [3.05, 3.63) is 76.1 Å². The van der Waals surface area contributed by atoms with E-state index in [4.69, 9.17) is 9.47 Å². The molecule has 0 aliphatic rings. The van der Waals surface area contributed by atoms with E-state index in [0.717, 1.165) is 41.6 Å². The Morgan fingerprint density at radius 2 is 1.69 bits per heavy atom. The van der Waals surface area contributed by atoms with Crippen molar-refractivity contribution >= 4 is 5.97 Å². The summed E-state index contributed by atoms with van der Waals surface area (Å²) in [6, 6.07) is 14.0. The number of carboxylic acids is 1. The minimum Gasteiger partial charge on any atom is -0.496 e. The molecule has 0 aliphatic carbocycles. The lowest BCUT2D eigenvalue weighted by Gasteiger charge is -2.25. The van der Waals surface area contributed by atoms with Crippen LogP contribution in [-0.4, -0.2) is 40.2 Å². The standard InChI is InChI=1S/C28H36N2O5/c1-18-25(34-4)14-23(15-26(18)35-5)28(33)22(13-9-12-21-10-7-6-8-11-21)17-30-20(3)24(16-27(31)32)19(2)29-30/h6-8,10-11,14-15,22,28,33H,9,12-13,16-17H2,1-5H3,(H,31,32)/t22-,28?/m1/s1. The zero-order chi connectivity index (χ0) is 25.5. The Balaban J connectivity index is 1.90. The predicted octanol–water partition coefficient (Wildman–Crippen LogP) is 4.83. The molecule has 1 unspecified atom stereocenters. The highest BCUT2D eigenvalue weighted by molar-refractivity contribution is 5.70. The SMILES string of the molecule is COc1cc(C(O)[C@H](CCCc2ccccc2)Cn2nc(C)c(CC(=O)O)c2C)cc(OC)c1C. The Morgan fingerprint density at radius 1 is 1.06 bits per heavy atom. The van der Waals surface area contributed by atoms with Crippen LogP contribution in [0.1, 0.15) is 52.6 Å². The van der Waals surface area contributed by atoms with Crippen molar-refractivity contribution in [2.75, 3.05) is 14.2 Å². The monoisotopic (exact) mass is 480 g/mol. The van der Waals surface area contributed by atoms with Crippen molar-refractivity contribution in [1.82, 2.24) is 9.78 Å². The molecule has 0 aliphatic heterocycles. The largest absolute Gasteiger partial charge is 0.496 e. The van der Waals surface area contributed by atoms with Crippen LogP contribution in [0.4, 0.5) is 0 Å². The number of methoxy groups -OCH3 is 2. The van der Waals surface area contributed by atoms with Crippen molar-refractivity contribution < 1.29 is 24.5 Å². The molecule has 2 atom stereocenters. The lowest BCUT2D eigenvalue weighted by molar-refractivity contribution is -0.136. The second-order valence-corrected chi connectivity index (χ2v) is 9.04. The summed E-state index contributed by atoms with van der Waals surface area (Å²) in [6.07, 6.45) is 1.73. The number of aromatic nitrogens is 2. The van der Waals surface area contributed by atoms with Gasteiger partial charge >= 0.3 is 5.97 Å². The van der Waals surface area contributed by atoms with Gasteiger partial charge in [-0.2, -0.15) is 5.10 Å². The van der Waals surface area contributed by atoms with E-state index in [2.05, 4.69) is 17.2 Å². The molecule has 0 saturated heterocycles. The van der Waals surface area contributed by atoms with Gasteiger partial charge in [0.05, 0.1) is 32.4 Å². The molecule has 1 heterocycles. The van der Waals surface area contributed by atoms with Crippen LogP contribution in [0, 0.1) is 26.7 Å². The first-order chi connectivity index (χ1) is 16.7. The molecule has 0 spiro atoms. The van der Waals surface area contributed by atoms with E-state index in [0.29, 0.717) is 23.7 Å². The lowest BCUT2D eigenvalue weighted by atomic mass is 9.89. The number of ether oxygens (including phenoxy) is 2. The minimum atomic E-state index is -0.881. The maximum Gasteiger partial charge on any atom is 0.307 e. The summed E-state index contributed by atoms with van der Waals surface area (Å²) in [4.78, 5) is 11.3. The molecule has 1 aromatic heterocycles. The Bertz CT molecular complexity index is 1110. The second-order valence-electron chi connectivity index (χ2n) is 9.04. The number of hydrogen-bond donors (Lipinski definition) is 2. The summed E-state index contributed by atoms with van der Waals surface area (Å²) < 4.78 is 12.9. The molecule has 0 fully saturated rings. The number of hydrogen-bond acceptors (Lipinski definition) is 5. The van der Waals surface area contributed by atoms with E-state index in [1.54, 1.807) is 14.2 Å². The van der Waals surface area contributed by atoms with E-state index in [-0.39, 0.29) is 12.3 Å². The highest BCUT2D eigenvalue weighted by Gasteiger charge is 2.26. The number of aryl methyl sites for hydroxylation is 2. The van der Waals surface area contributed by atoms with Crippen LogP contribution in [0.25, 0.3) is 0 Å². The molecule has 2 aromatic carbocycles. The third-order valence-electron chi connectivity index (χ3n) is 6.71. The Labute approximate surface area is 207 Å². The first kappa shape index (κ1) is 26.3. The molecule has 0 bridgehead atoms. The van der Waals surface area contributed by atoms with Gasteiger partial charge in [0, 0.05) is 29.3 Å². The molecule has 7 nitrogen and oxygen atoms in total. The normalized spacial score (nSPS) is 12.9. The lowest BCUT2D eigenvalue weighted by Crippen LogP contribution is -2.21. The number of benzene rings is 2. The molecular formula is C28H36N2O5. The number of rotatable bonds is 12. The summed E-state index contributed by atoms with van der Waals surface area (Å²) in [5.41, 5.74) is 5.12. The molecule has 7 heteroatoms. The van der Waals surface area contributed by atoms with E-state index in [1.165, 1.54) is 5.56 Å². The number of carboxylic acid groups (broad SMARTS) is 1. The van der Waals surface area contributed by atoms with Gasteiger partial charge in [-0.15, -0.1) is 0 Å². The average molecular weight is 481 g/mol. The molecular weight excluding hydrogens is 444 g/mol. The van der Waals surface area contributed by atoms with Gasteiger partial charge < -0.3 is 19.7 Å². The Kier molecular flexibility index (Phi) is 8.93. The highest BCUT2D eigenvalue weighted by atomic mass is 16.5. The molecule has 2 N–H and O–H groups in total. The average Bonchev–Trinajstić information content (AvgIpc) is 3.10. The fraction of sp³-hybridized carbons (Fsp3) is 0.429. The molecule has 35 heavy (non-hydrogen) atoms. The van der Waals surface area contributed by atoms with Crippen molar-refractivity contribution in [2.45, 2.75) is 59.1 Å². The Morgan fingerprint density at radius 3 is 2.26 bits per heavy atom. The number of aliphatic hydroxyl groups is 1. The molecule has 3 rings (SSSR count). The Hall–Kier alpha value is -3.32. The van der Waals surface area contributed by atoms with Crippen LogP contribution >= 0.6 is 0 Å². The van der Waals surface area contributed by atoms with Gasteiger partial charge in [-0.05, 0) is 63.3 Å². The predicted molar refractivity (Wildman–Crippen MR) is 135 cm³/mol. The smallest absolute Gasteiger partial charge is 0.307 e. The van der Waals surface area contributed by atoms with Crippen LogP contribution in [0.15, 0.2) is 42.5 Å². The van der Waals surface area contributed by atoms with Crippen molar-refractivity contribution in [3.63, 3.8) is 0 Å². The molecule has 0 radical (unpaired) electrons. The number of carbonyl (C=O) groups is 1. The van der Waals surface area contributed by atoms with E-state index in [1.807, 2.05) is 55.8 Å². The summed E-state index contributed by atoms with van der Waals surface area (Å²) >= 11 is 0. The zero-order valence-electron chi connectivity index (χ0n) is 21.2. The fourth-order valence-electron chi connectivity index (χ4n) is 4.65. The fourth-order valence-corrected chi connectivity index (χ4v) is 4.65. The topological polar surface area (TPSA) is 93.8 Å². The van der Waals surface area contributed by atoms with Gasteiger partial charge in [0.1, 0.15) is 11.5 Å². The zero-order valence-corrected chi connectivity index (χ0v) is 21.2. The van der Waals surface area contributed by atoms with E-state index in [9.17, 15) is 15.0 Å². The molecule has 0 saturated carbocycles. The number of nitrogens with zero attached hydrogens (tertiary/aromatic N) is 2.